The zero-order chi connectivity index (χ0) is 30.0. The minimum atomic E-state index is -0.948. The van der Waals surface area contributed by atoms with Gasteiger partial charge in [0.2, 0.25) is 5.88 Å². The summed E-state index contributed by atoms with van der Waals surface area (Å²) in [5.41, 5.74) is 3.88. The van der Waals surface area contributed by atoms with Crippen LogP contribution in [0.25, 0.3) is 16.7 Å². The maximum atomic E-state index is 14.7. The molecule has 226 valence electrons. The molecule has 5 aromatic rings. The van der Waals surface area contributed by atoms with Crippen molar-refractivity contribution >= 4 is 17.0 Å². The Bertz CT molecular complexity index is 1780. The van der Waals surface area contributed by atoms with Crippen molar-refractivity contribution in [2.24, 2.45) is 0 Å². The highest BCUT2D eigenvalue weighted by atomic mass is 19.1. The number of benzene rings is 2. The van der Waals surface area contributed by atoms with E-state index in [0.29, 0.717) is 30.2 Å². The second-order valence-electron chi connectivity index (χ2n) is 11.3. The van der Waals surface area contributed by atoms with Gasteiger partial charge in [-0.25, -0.2) is 23.8 Å². The van der Waals surface area contributed by atoms with E-state index in [0.717, 1.165) is 61.5 Å². The summed E-state index contributed by atoms with van der Waals surface area (Å²) < 4.78 is 29.9. The van der Waals surface area contributed by atoms with Crippen LogP contribution in [-0.2, 0) is 24.4 Å². The number of carboxylic acid groups (broad SMARTS) is 1. The molecule has 1 atom stereocenters. The molecule has 2 saturated heterocycles. The lowest BCUT2D eigenvalue weighted by atomic mass is 9.93. The second kappa shape index (κ2) is 12.1. The molecule has 0 unspecified atom stereocenters. The molecule has 2 aliphatic rings. The maximum Gasteiger partial charge on any atom is 0.335 e. The van der Waals surface area contributed by atoms with Gasteiger partial charge in [0.25, 0.3) is 0 Å². The zero-order valence-electron chi connectivity index (χ0n) is 24.0. The summed E-state index contributed by atoms with van der Waals surface area (Å²) in [7, 11) is 0. The van der Waals surface area contributed by atoms with Crippen molar-refractivity contribution in [2.75, 3.05) is 19.7 Å². The fourth-order valence-electron chi connectivity index (χ4n) is 5.88. The third-order valence-electron chi connectivity index (χ3n) is 8.47. The number of hydrogen-bond donors (Lipinski definition) is 1. The quantitative estimate of drug-likeness (QED) is 0.246. The first kappa shape index (κ1) is 28.1. The predicted molar refractivity (Wildman–Crippen MR) is 158 cm³/mol. The van der Waals surface area contributed by atoms with Crippen molar-refractivity contribution in [1.29, 1.82) is 0 Å². The number of imidazole rings is 1. The Kier molecular flexibility index (Phi) is 7.75. The number of carbonyl (C=O) groups is 1. The van der Waals surface area contributed by atoms with Gasteiger partial charge < -0.3 is 19.1 Å². The second-order valence-corrected chi connectivity index (χ2v) is 11.3. The van der Waals surface area contributed by atoms with E-state index in [1.165, 1.54) is 10.7 Å². The van der Waals surface area contributed by atoms with Crippen LogP contribution in [0.2, 0.25) is 0 Å². The molecular formula is C32H32FN7O4. The number of halogens is 1. The smallest absolute Gasteiger partial charge is 0.335 e. The summed E-state index contributed by atoms with van der Waals surface area (Å²) in [4.78, 5) is 23.6. The third kappa shape index (κ3) is 5.90. The molecule has 2 aliphatic heterocycles. The van der Waals surface area contributed by atoms with Crippen molar-refractivity contribution in [2.45, 2.75) is 51.0 Å². The van der Waals surface area contributed by atoms with Gasteiger partial charge in [0, 0.05) is 35.9 Å². The van der Waals surface area contributed by atoms with E-state index in [4.69, 9.17) is 19.4 Å². The fraction of sp³-hybridized carbons (Fsp3) is 0.344. The van der Waals surface area contributed by atoms with Gasteiger partial charge >= 0.3 is 5.97 Å². The van der Waals surface area contributed by atoms with E-state index in [2.05, 4.69) is 19.8 Å². The summed E-state index contributed by atoms with van der Waals surface area (Å²) in [5, 5.41) is 17.2. The molecule has 0 aliphatic carbocycles. The van der Waals surface area contributed by atoms with Gasteiger partial charge in [-0.2, -0.15) is 0 Å². The minimum Gasteiger partial charge on any atom is -0.478 e. The molecule has 0 amide bonds. The summed E-state index contributed by atoms with van der Waals surface area (Å²) >= 11 is 0. The number of aromatic carboxylic acids is 1. The van der Waals surface area contributed by atoms with Crippen LogP contribution in [0, 0.1) is 5.82 Å². The van der Waals surface area contributed by atoms with E-state index in [-0.39, 0.29) is 30.0 Å². The SMILES string of the molecule is O=C(O)c1ccc2nc(CN3CCC(c4cccc(OCc5ccc(-n6ccnn6)cc5F)n4)CC3)n(C[C@@H]3CCO3)c2c1. The third-order valence-corrected chi connectivity index (χ3v) is 8.47. The summed E-state index contributed by atoms with van der Waals surface area (Å²) in [6.45, 7) is 3.93. The van der Waals surface area contributed by atoms with E-state index in [1.807, 2.05) is 12.1 Å². The number of carboxylic acids is 1. The van der Waals surface area contributed by atoms with E-state index in [1.54, 1.807) is 48.8 Å². The Morgan fingerprint density at radius 1 is 1.07 bits per heavy atom. The van der Waals surface area contributed by atoms with Crippen LogP contribution in [0.5, 0.6) is 5.88 Å². The molecule has 11 nitrogen and oxygen atoms in total. The first-order chi connectivity index (χ1) is 21.5. The highest BCUT2D eigenvalue weighted by Crippen LogP contribution is 2.30. The lowest BCUT2D eigenvalue weighted by Gasteiger charge is -2.32. The maximum absolute atomic E-state index is 14.7. The lowest BCUT2D eigenvalue weighted by molar-refractivity contribution is -0.0592. The number of likely N-dealkylation sites (tertiary alicyclic amines) is 1. The van der Waals surface area contributed by atoms with Crippen LogP contribution in [0.3, 0.4) is 0 Å². The average molecular weight is 598 g/mol. The summed E-state index contributed by atoms with van der Waals surface area (Å²) in [5.74, 6) is 0.353. The van der Waals surface area contributed by atoms with Crippen molar-refractivity contribution in [3.63, 3.8) is 0 Å². The van der Waals surface area contributed by atoms with Crippen LogP contribution in [-0.4, -0.2) is 71.3 Å². The molecule has 0 bridgehead atoms. The monoisotopic (exact) mass is 597 g/mol. The standard InChI is InChI=1S/C32H32FN7O4/c33-26-17-24(40-14-11-34-37-40)6-4-23(26)20-44-31-3-1-2-27(36-31)21-8-12-38(13-9-21)19-30-35-28-7-5-22(32(41)42)16-29(28)39(30)18-25-10-15-43-25/h1-7,11,14,16-17,21,25H,8-10,12-13,15,18-20H2,(H,41,42)/t25-/m0/s1. The van der Waals surface area contributed by atoms with Gasteiger partial charge in [-0.05, 0) is 62.7 Å². The molecule has 0 spiro atoms. The normalized spacial score (nSPS) is 17.5. The van der Waals surface area contributed by atoms with Crippen molar-refractivity contribution in [3.05, 3.63) is 95.5 Å². The van der Waals surface area contributed by atoms with Gasteiger partial charge in [-0.1, -0.05) is 17.3 Å². The van der Waals surface area contributed by atoms with E-state index < -0.39 is 5.97 Å². The first-order valence-corrected chi connectivity index (χ1v) is 14.8. The van der Waals surface area contributed by atoms with Gasteiger partial charge in [0.15, 0.2) is 0 Å². The summed E-state index contributed by atoms with van der Waals surface area (Å²) in [6, 6.07) is 15.7. The van der Waals surface area contributed by atoms with Crippen LogP contribution in [0.1, 0.15) is 52.6 Å². The number of hydrogen-bond acceptors (Lipinski definition) is 8. The molecule has 44 heavy (non-hydrogen) atoms. The molecule has 2 fully saturated rings. The van der Waals surface area contributed by atoms with Crippen LogP contribution >= 0.6 is 0 Å². The predicted octanol–water partition coefficient (Wildman–Crippen LogP) is 4.60. The van der Waals surface area contributed by atoms with Gasteiger partial charge in [-0.3, -0.25) is 4.90 Å². The number of nitrogens with zero attached hydrogens (tertiary/aromatic N) is 7. The topological polar surface area (TPSA) is 120 Å². The number of ether oxygens (including phenoxy) is 2. The largest absolute Gasteiger partial charge is 0.478 e. The molecule has 12 heteroatoms. The molecular weight excluding hydrogens is 565 g/mol. The lowest BCUT2D eigenvalue weighted by Crippen LogP contribution is -2.35. The summed E-state index contributed by atoms with van der Waals surface area (Å²) in [6.07, 6.45) is 6.19. The molecule has 5 heterocycles. The Morgan fingerprint density at radius 2 is 1.93 bits per heavy atom. The Hall–Kier alpha value is -4.68. The van der Waals surface area contributed by atoms with E-state index in [9.17, 15) is 14.3 Å². The Morgan fingerprint density at radius 3 is 2.66 bits per heavy atom. The number of pyridine rings is 1. The molecule has 0 radical (unpaired) electrons. The van der Waals surface area contributed by atoms with Crippen LogP contribution in [0.4, 0.5) is 4.39 Å². The molecule has 1 N–H and O–H groups in total. The van der Waals surface area contributed by atoms with E-state index >= 15 is 0 Å². The minimum absolute atomic E-state index is 0.0687. The molecule has 7 rings (SSSR count). The number of rotatable bonds is 10. The van der Waals surface area contributed by atoms with Crippen molar-refractivity contribution in [1.82, 2.24) is 34.4 Å². The molecule has 3 aromatic heterocycles. The van der Waals surface area contributed by atoms with Gasteiger partial charge in [0.1, 0.15) is 18.2 Å². The number of piperidine rings is 1. The van der Waals surface area contributed by atoms with Gasteiger partial charge in [0.05, 0.1) is 53.9 Å². The molecule has 2 aromatic carbocycles. The number of aromatic nitrogens is 6. The van der Waals surface area contributed by atoms with Crippen molar-refractivity contribution < 1.29 is 23.8 Å². The fourth-order valence-corrected chi connectivity index (χ4v) is 5.88. The van der Waals surface area contributed by atoms with Crippen molar-refractivity contribution in [3.8, 4) is 11.6 Å². The molecule has 0 saturated carbocycles. The Balaban J connectivity index is 0.986. The highest BCUT2D eigenvalue weighted by Gasteiger charge is 2.26. The number of fused-ring (bicyclic) bond motifs is 1. The first-order valence-electron chi connectivity index (χ1n) is 14.8. The van der Waals surface area contributed by atoms with Crippen LogP contribution < -0.4 is 4.74 Å². The van der Waals surface area contributed by atoms with Crippen LogP contribution in [0.15, 0.2) is 67.0 Å². The van der Waals surface area contributed by atoms with Gasteiger partial charge in [-0.15, -0.1) is 5.10 Å². The zero-order valence-corrected chi connectivity index (χ0v) is 24.0. The average Bonchev–Trinajstić information content (AvgIpc) is 3.67. The Labute approximate surface area is 252 Å². The highest BCUT2D eigenvalue weighted by molar-refractivity contribution is 5.92.